The molecule has 3 heteroatoms. The summed E-state index contributed by atoms with van der Waals surface area (Å²) in [5, 5.41) is 0. The minimum Gasteiger partial charge on any atom is -0.489 e. The lowest BCUT2D eigenvalue weighted by molar-refractivity contribution is 0.0500. The van der Waals surface area contributed by atoms with Gasteiger partial charge in [0.2, 0.25) is 0 Å². The number of carbonyl (C=O) groups excluding carboxylic acids is 1. The molecule has 26 heavy (non-hydrogen) atoms. The Balaban J connectivity index is 1.43. The van der Waals surface area contributed by atoms with E-state index in [1.165, 1.54) is 5.56 Å². The quantitative estimate of drug-likeness (QED) is 0.423. The van der Waals surface area contributed by atoms with Gasteiger partial charge in [-0.05, 0) is 48.2 Å². The van der Waals surface area contributed by atoms with Crippen LogP contribution in [0.1, 0.15) is 27.9 Å². The van der Waals surface area contributed by atoms with Crippen molar-refractivity contribution in [3.63, 3.8) is 0 Å². The van der Waals surface area contributed by atoms with E-state index in [0.717, 1.165) is 24.2 Å². The largest absolute Gasteiger partial charge is 0.489 e. The number of rotatable bonds is 8. The Hall–Kier alpha value is -3.07. The van der Waals surface area contributed by atoms with Gasteiger partial charge in [-0.25, -0.2) is 4.79 Å². The molecular weight excluding hydrogens is 324 g/mol. The lowest BCUT2D eigenvalue weighted by Gasteiger charge is -2.09. The average molecular weight is 346 g/mol. The van der Waals surface area contributed by atoms with Crippen molar-refractivity contribution in [1.29, 1.82) is 0 Å². The zero-order chi connectivity index (χ0) is 18.0. The third-order valence-electron chi connectivity index (χ3n) is 4.00. The van der Waals surface area contributed by atoms with E-state index < -0.39 is 0 Å². The first-order valence-corrected chi connectivity index (χ1v) is 8.79. The highest BCUT2D eigenvalue weighted by molar-refractivity contribution is 5.89. The van der Waals surface area contributed by atoms with Crippen molar-refractivity contribution < 1.29 is 14.3 Å². The normalized spacial score (nSPS) is 10.3. The van der Waals surface area contributed by atoms with Crippen molar-refractivity contribution in [2.24, 2.45) is 0 Å². The zero-order valence-electron chi connectivity index (χ0n) is 14.6. The van der Waals surface area contributed by atoms with Crippen molar-refractivity contribution in [2.45, 2.75) is 19.4 Å². The first-order chi connectivity index (χ1) is 12.8. The number of aryl methyl sites for hydroxylation is 1. The van der Waals surface area contributed by atoms with Gasteiger partial charge in [-0.3, -0.25) is 0 Å². The lowest BCUT2D eigenvalue weighted by Crippen LogP contribution is -2.06. The number of hydrogen-bond acceptors (Lipinski definition) is 3. The molecule has 0 saturated carbocycles. The number of esters is 1. The predicted octanol–water partition coefficient (Wildman–Crippen LogP) is 5.06. The van der Waals surface area contributed by atoms with Crippen LogP contribution in [0, 0.1) is 0 Å². The van der Waals surface area contributed by atoms with E-state index in [2.05, 4.69) is 6.07 Å². The molecule has 0 aliphatic rings. The molecule has 0 amide bonds. The maximum Gasteiger partial charge on any atom is 0.338 e. The summed E-state index contributed by atoms with van der Waals surface area (Å²) < 4.78 is 11.2. The van der Waals surface area contributed by atoms with E-state index in [0.29, 0.717) is 18.8 Å². The Morgan fingerprint density at radius 2 is 1.46 bits per heavy atom. The molecule has 0 N–H and O–H groups in total. The molecule has 0 bridgehead atoms. The van der Waals surface area contributed by atoms with Crippen molar-refractivity contribution in [1.82, 2.24) is 0 Å². The monoisotopic (exact) mass is 346 g/mol. The van der Waals surface area contributed by atoms with Crippen LogP contribution in [-0.2, 0) is 17.8 Å². The summed E-state index contributed by atoms with van der Waals surface area (Å²) in [5.74, 6) is 0.582. The maximum absolute atomic E-state index is 11.9. The van der Waals surface area contributed by atoms with Crippen molar-refractivity contribution in [3.05, 3.63) is 102 Å². The molecule has 0 aromatic heterocycles. The van der Waals surface area contributed by atoms with E-state index >= 15 is 0 Å². The zero-order valence-corrected chi connectivity index (χ0v) is 14.6. The standard InChI is InChI=1S/C23H22O3/c24-23(21-13-5-2-6-14-21)25-16-8-12-19-11-7-15-22(17-19)26-18-20-9-3-1-4-10-20/h1-7,9-11,13-15,17H,8,12,16,18H2. The molecule has 132 valence electrons. The second-order valence-electron chi connectivity index (χ2n) is 6.03. The van der Waals surface area contributed by atoms with Gasteiger partial charge in [0.05, 0.1) is 12.2 Å². The van der Waals surface area contributed by atoms with Gasteiger partial charge in [0.25, 0.3) is 0 Å². The molecule has 0 unspecified atom stereocenters. The molecule has 0 fully saturated rings. The van der Waals surface area contributed by atoms with Crippen molar-refractivity contribution in [3.8, 4) is 5.75 Å². The first-order valence-electron chi connectivity index (χ1n) is 8.79. The number of carbonyl (C=O) groups is 1. The summed E-state index contributed by atoms with van der Waals surface area (Å²) in [4.78, 5) is 11.9. The third-order valence-corrected chi connectivity index (χ3v) is 4.00. The Labute approximate surface area is 154 Å². The van der Waals surface area contributed by atoms with E-state index in [-0.39, 0.29) is 5.97 Å². The Kier molecular flexibility index (Phi) is 6.43. The molecule has 0 aliphatic carbocycles. The predicted molar refractivity (Wildman–Crippen MR) is 102 cm³/mol. The Bertz CT molecular complexity index is 813. The molecular formula is C23H22O3. The summed E-state index contributed by atoms with van der Waals surface area (Å²) >= 11 is 0. The van der Waals surface area contributed by atoms with Gasteiger partial charge < -0.3 is 9.47 Å². The van der Waals surface area contributed by atoms with Crippen LogP contribution in [0.15, 0.2) is 84.9 Å². The Morgan fingerprint density at radius 1 is 0.769 bits per heavy atom. The summed E-state index contributed by atoms with van der Waals surface area (Å²) in [6, 6.07) is 27.2. The van der Waals surface area contributed by atoms with E-state index in [1.807, 2.05) is 66.7 Å². The van der Waals surface area contributed by atoms with Gasteiger partial charge in [0.15, 0.2) is 0 Å². The fourth-order valence-corrected chi connectivity index (χ4v) is 2.63. The van der Waals surface area contributed by atoms with E-state index in [4.69, 9.17) is 9.47 Å². The van der Waals surface area contributed by atoms with Crippen molar-refractivity contribution in [2.75, 3.05) is 6.61 Å². The van der Waals surface area contributed by atoms with Gasteiger partial charge in [-0.2, -0.15) is 0 Å². The SMILES string of the molecule is O=C(OCCCc1cccc(OCc2ccccc2)c1)c1ccccc1. The highest BCUT2D eigenvalue weighted by Crippen LogP contribution is 2.16. The fraction of sp³-hybridized carbons (Fsp3) is 0.174. The molecule has 0 aliphatic heterocycles. The van der Waals surface area contributed by atoms with Crippen LogP contribution in [0.4, 0.5) is 0 Å². The number of hydrogen-bond donors (Lipinski definition) is 0. The van der Waals surface area contributed by atoms with E-state index in [1.54, 1.807) is 12.1 Å². The molecule has 0 spiro atoms. The summed E-state index contributed by atoms with van der Waals surface area (Å²) in [6.45, 7) is 0.960. The molecule has 3 nitrogen and oxygen atoms in total. The van der Waals surface area contributed by atoms with Crippen LogP contribution in [0.25, 0.3) is 0 Å². The van der Waals surface area contributed by atoms with E-state index in [9.17, 15) is 4.79 Å². The van der Waals surface area contributed by atoms with Gasteiger partial charge in [-0.15, -0.1) is 0 Å². The summed E-state index contributed by atoms with van der Waals surface area (Å²) in [6.07, 6.45) is 1.62. The summed E-state index contributed by atoms with van der Waals surface area (Å²) in [5.41, 5.74) is 2.90. The first kappa shape index (κ1) is 17.7. The van der Waals surface area contributed by atoms with Crippen molar-refractivity contribution >= 4 is 5.97 Å². The molecule has 3 rings (SSSR count). The fourth-order valence-electron chi connectivity index (χ4n) is 2.63. The second kappa shape index (κ2) is 9.42. The molecule has 0 radical (unpaired) electrons. The number of ether oxygens (including phenoxy) is 2. The molecule has 0 saturated heterocycles. The highest BCUT2D eigenvalue weighted by Gasteiger charge is 2.05. The van der Waals surface area contributed by atoms with Gasteiger partial charge >= 0.3 is 5.97 Å². The minimum atomic E-state index is -0.273. The van der Waals surface area contributed by atoms with Gasteiger partial charge in [0.1, 0.15) is 12.4 Å². The smallest absolute Gasteiger partial charge is 0.338 e. The molecule has 3 aromatic rings. The topological polar surface area (TPSA) is 35.5 Å². The molecule has 3 aromatic carbocycles. The maximum atomic E-state index is 11.9. The lowest BCUT2D eigenvalue weighted by atomic mass is 10.1. The van der Waals surface area contributed by atoms with Crippen LogP contribution in [0.5, 0.6) is 5.75 Å². The van der Waals surface area contributed by atoms with Crippen LogP contribution in [0.2, 0.25) is 0 Å². The second-order valence-corrected chi connectivity index (χ2v) is 6.03. The van der Waals surface area contributed by atoms with Crippen LogP contribution in [-0.4, -0.2) is 12.6 Å². The number of benzene rings is 3. The van der Waals surface area contributed by atoms with Crippen LogP contribution in [0.3, 0.4) is 0 Å². The minimum absolute atomic E-state index is 0.273. The molecule has 0 atom stereocenters. The van der Waals surface area contributed by atoms with Crippen LogP contribution >= 0.6 is 0 Å². The van der Waals surface area contributed by atoms with Gasteiger partial charge in [0, 0.05) is 0 Å². The molecule has 0 heterocycles. The van der Waals surface area contributed by atoms with Gasteiger partial charge in [-0.1, -0.05) is 60.7 Å². The third kappa shape index (κ3) is 5.49. The average Bonchev–Trinajstić information content (AvgIpc) is 2.71. The highest BCUT2D eigenvalue weighted by atomic mass is 16.5. The summed E-state index contributed by atoms with van der Waals surface area (Å²) in [7, 11) is 0. The van der Waals surface area contributed by atoms with Crippen LogP contribution < -0.4 is 4.74 Å². The Morgan fingerprint density at radius 3 is 2.23 bits per heavy atom.